The SMILES string of the molecule is Cc1nc2ccc(N3CC4CC3CN4)nn2c1-c1ccncc1. The van der Waals surface area contributed by atoms with Gasteiger partial charge in [0, 0.05) is 43.1 Å². The number of pyridine rings is 1. The predicted octanol–water partition coefficient (Wildman–Crippen LogP) is 1.65. The van der Waals surface area contributed by atoms with Gasteiger partial charge in [-0.2, -0.15) is 0 Å². The molecule has 2 aliphatic rings. The Morgan fingerprint density at radius 2 is 2.04 bits per heavy atom. The van der Waals surface area contributed by atoms with E-state index >= 15 is 0 Å². The van der Waals surface area contributed by atoms with E-state index < -0.39 is 0 Å². The van der Waals surface area contributed by atoms with E-state index in [9.17, 15) is 0 Å². The van der Waals surface area contributed by atoms with Crippen molar-refractivity contribution in [2.75, 3.05) is 18.0 Å². The van der Waals surface area contributed by atoms with Crippen LogP contribution in [-0.4, -0.2) is 44.8 Å². The van der Waals surface area contributed by atoms with Crippen molar-refractivity contribution in [3.05, 3.63) is 42.4 Å². The molecule has 3 aromatic rings. The summed E-state index contributed by atoms with van der Waals surface area (Å²) in [6, 6.07) is 9.36. The third-order valence-electron chi connectivity index (χ3n) is 4.94. The van der Waals surface area contributed by atoms with Crippen molar-refractivity contribution in [1.29, 1.82) is 0 Å². The average Bonchev–Trinajstić information content (AvgIpc) is 3.28. The van der Waals surface area contributed by atoms with E-state index in [-0.39, 0.29) is 0 Å². The van der Waals surface area contributed by atoms with Gasteiger partial charge in [0.2, 0.25) is 0 Å². The molecule has 116 valence electrons. The topological polar surface area (TPSA) is 58.4 Å². The summed E-state index contributed by atoms with van der Waals surface area (Å²) >= 11 is 0. The summed E-state index contributed by atoms with van der Waals surface area (Å²) in [5.74, 6) is 1.04. The molecule has 23 heavy (non-hydrogen) atoms. The van der Waals surface area contributed by atoms with Crippen LogP contribution < -0.4 is 10.2 Å². The number of nitrogens with zero attached hydrogens (tertiary/aromatic N) is 5. The maximum absolute atomic E-state index is 4.91. The Bertz CT molecular complexity index is 871. The molecule has 0 amide bonds. The third-order valence-corrected chi connectivity index (χ3v) is 4.94. The van der Waals surface area contributed by atoms with Gasteiger partial charge < -0.3 is 10.2 Å². The van der Waals surface area contributed by atoms with Crippen LogP contribution in [0, 0.1) is 6.92 Å². The summed E-state index contributed by atoms with van der Waals surface area (Å²) in [6.07, 6.45) is 4.84. The Labute approximate surface area is 134 Å². The quantitative estimate of drug-likeness (QED) is 0.780. The number of aromatic nitrogens is 4. The molecule has 0 aliphatic carbocycles. The van der Waals surface area contributed by atoms with E-state index in [1.54, 1.807) is 0 Å². The fraction of sp³-hybridized carbons (Fsp3) is 0.353. The van der Waals surface area contributed by atoms with Crippen molar-refractivity contribution >= 4 is 11.5 Å². The van der Waals surface area contributed by atoms with Crippen LogP contribution in [0.4, 0.5) is 5.82 Å². The monoisotopic (exact) mass is 306 g/mol. The van der Waals surface area contributed by atoms with Crippen LogP contribution in [-0.2, 0) is 0 Å². The van der Waals surface area contributed by atoms with Crippen molar-refractivity contribution in [1.82, 2.24) is 24.9 Å². The second-order valence-corrected chi connectivity index (χ2v) is 6.39. The van der Waals surface area contributed by atoms with Gasteiger partial charge in [-0.25, -0.2) is 9.50 Å². The van der Waals surface area contributed by atoms with Gasteiger partial charge in [0.25, 0.3) is 0 Å². The fourth-order valence-corrected chi connectivity index (χ4v) is 3.87. The second-order valence-electron chi connectivity index (χ2n) is 6.39. The van der Waals surface area contributed by atoms with Crippen LogP contribution in [0.2, 0.25) is 0 Å². The Morgan fingerprint density at radius 3 is 2.78 bits per heavy atom. The zero-order valence-electron chi connectivity index (χ0n) is 13.0. The number of imidazole rings is 1. The molecule has 0 saturated carbocycles. The minimum absolute atomic E-state index is 0.568. The van der Waals surface area contributed by atoms with Gasteiger partial charge in [-0.15, -0.1) is 5.10 Å². The lowest BCUT2D eigenvalue weighted by Gasteiger charge is -2.28. The van der Waals surface area contributed by atoms with Crippen LogP contribution in [0.1, 0.15) is 12.1 Å². The van der Waals surface area contributed by atoms with Crippen LogP contribution >= 0.6 is 0 Å². The molecule has 1 N–H and O–H groups in total. The Hall–Kier alpha value is -2.47. The molecule has 0 spiro atoms. The molecule has 6 heteroatoms. The zero-order valence-corrected chi connectivity index (χ0v) is 13.0. The normalized spacial score (nSPS) is 23.1. The predicted molar refractivity (Wildman–Crippen MR) is 88.5 cm³/mol. The highest BCUT2D eigenvalue weighted by Crippen LogP contribution is 2.30. The fourth-order valence-electron chi connectivity index (χ4n) is 3.87. The zero-order chi connectivity index (χ0) is 15.4. The maximum Gasteiger partial charge on any atom is 0.154 e. The first-order valence-electron chi connectivity index (χ1n) is 8.06. The first kappa shape index (κ1) is 13.0. The van der Waals surface area contributed by atoms with Gasteiger partial charge in [0.15, 0.2) is 5.65 Å². The summed E-state index contributed by atoms with van der Waals surface area (Å²) in [4.78, 5) is 11.2. The summed E-state index contributed by atoms with van der Waals surface area (Å²) in [5.41, 5.74) is 4.02. The van der Waals surface area contributed by atoms with E-state index in [1.807, 2.05) is 36.0 Å². The van der Waals surface area contributed by atoms with E-state index in [2.05, 4.69) is 32.3 Å². The van der Waals surface area contributed by atoms with Crippen molar-refractivity contribution in [2.45, 2.75) is 25.4 Å². The molecule has 2 fully saturated rings. The van der Waals surface area contributed by atoms with Crippen LogP contribution in [0.3, 0.4) is 0 Å². The molecule has 6 nitrogen and oxygen atoms in total. The maximum atomic E-state index is 4.91. The average molecular weight is 306 g/mol. The van der Waals surface area contributed by atoms with Gasteiger partial charge in [0.1, 0.15) is 5.82 Å². The van der Waals surface area contributed by atoms with E-state index in [1.165, 1.54) is 6.42 Å². The molecule has 0 radical (unpaired) electrons. The van der Waals surface area contributed by atoms with Gasteiger partial charge in [-0.3, -0.25) is 4.98 Å². The lowest BCUT2D eigenvalue weighted by Crippen LogP contribution is -2.44. The Morgan fingerprint density at radius 1 is 1.17 bits per heavy atom. The first-order chi connectivity index (χ1) is 11.3. The minimum Gasteiger partial charge on any atom is -0.349 e. The molecule has 0 aromatic carbocycles. The molecule has 5 rings (SSSR count). The number of hydrogen-bond acceptors (Lipinski definition) is 5. The van der Waals surface area contributed by atoms with Gasteiger partial charge >= 0.3 is 0 Å². The number of piperazine rings is 1. The lowest BCUT2D eigenvalue weighted by molar-refractivity contribution is 0.573. The second kappa shape index (κ2) is 4.76. The van der Waals surface area contributed by atoms with Crippen molar-refractivity contribution in [3.63, 3.8) is 0 Å². The first-order valence-corrected chi connectivity index (χ1v) is 8.06. The molecule has 2 bridgehead atoms. The number of aryl methyl sites for hydroxylation is 1. The number of rotatable bonds is 2. The minimum atomic E-state index is 0.568. The Kier molecular flexibility index (Phi) is 2.69. The van der Waals surface area contributed by atoms with Gasteiger partial charge in [-0.05, 0) is 37.6 Å². The standard InChI is InChI=1S/C17H18N6/c1-11-17(12-4-6-18-7-5-12)23-15(20-11)2-3-16(21-23)22-10-13-8-14(22)9-19-13/h2-7,13-14,19H,8-10H2,1H3. The largest absolute Gasteiger partial charge is 0.349 e. The number of fused-ring (bicyclic) bond motifs is 3. The molecule has 3 aromatic heterocycles. The van der Waals surface area contributed by atoms with E-state index in [0.717, 1.165) is 41.5 Å². The highest BCUT2D eigenvalue weighted by atomic mass is 15.4. The van der Waals surface area contributed by atoms with E-state index in [0.29, 0.717) is 12.1 Å². The van der Waals surface area contributed by atoms with Gasteiger partial charge in [-0.1, -0.05) is 0 Å². The van der Waals surface area contributed by atoms with Gasteiger partial charge in [0.05, 0.1) is 11.4 Å². The third kappa shape index (κ3) is 1.95. The van der Waals surface area contributed by atoms with Crippen molar-refractivity contribution in [3.8, 4) is 11.3 Å². The summed E-state index contributed by atoms with van der Waals surface area (Å²) in [6.45, 7) is 4.14. The molecule has 2 aliphatic heterocycles. The molecular formula is C17H18N6. The van der Waals surface area contributed by atoms with Crippen molar-refractivity contribution in [2.24, 2.45) is 0 Å². The molecule has 2 unspecified atom stereocenters. The molecule has 2 atom stereocenters. The summed E-state index contributed by atoms with van der Waals surface area (Å²) in [7, 11) is 0. The number of nitrogens with one attached hydrogen (secondary N) is 1. The molecular weight excluding hydrogens is 288 g/mol. The van der Waals surface area contributed by atoms with Crippen LogP contribution in [0.25, 0.3) is 16.9 Å². The summed E-state index contributed by atoms with van der Waals surface area (Å²) < 4.78 is 1.97. The van der Waals surface area contributed by atoms with Crippen LogP contribution in [0.5, 0.6) is 0 Å². The smallest absolute Gasteiger partial charge is 0.154 e. The number of hydrogen-bond donors (Lipinski definition) is 1. The highest BCUT2D eigenvalue weighted by Gasteiger charge is 2.38. The number of anilines is 1. The highest BCUT2D eigenvalue weighted by molar-refractivity contribution is 5.66. The molecule has 2 saturated heterocycles. The van der Waals surface area contributed by atoms with Crippen LogP contribution in [0.15, 0.2) is 36.7 Å². The molecule has 5 heterocycles. The van der Waals surface area contributed by atoms with E-state index in [4.69, 9.17) is 5.10 Å². The van der Waals surface area contributed by atoms with Crippen molar-refractivity contribution < 1.29 is 0 Å². The Balaban J connectivity index is 1.65. The summed E-state index contributed by atoms with van der Waals surface area (Å²) in [5, 5.41) is 8.44. The lowest BCUT2D eigenvalue weighted by atomic mass is 10.2.